The van der Waals surface area contributed by atoms with Crippen molar-refractivity contribution in [2.24, 2.45) is 5.92 Å². The Morgan fingerprint density at radius 2 is 1.90 bits per heavy atom. The van der Waals surface area contributed by atoms with Crippen molar-refractivity contribution in [3.63, 3.8) is 0 Å². The molecule has 0 amide bonds. The van der Waals surface area contributed by atoms with Crippen molar-refractivity contribution in [1.82, 2.24) is 5.32 Å². The van der Waals surface area contributed by atoms with E-state index in [4.69, 9.17) is 0 Å². The first-order valence-corrected chi connectivity index (χ1v) is 9.04. The summed E-state index contributed by atoms with van der Waals surface area (Å²) in [6, 6.07) is 4.76. The van der Waals surface area contributed by atoms with Crippen LogP contribution in [0.4, 0.5) is 8.78 Å². The van der Waals surface area contributed by atoms with E-state index in [0.29, 0.717) is 24.8 Å². The second-order valence-electron chi connectivity index (χ2n) is 6.18. The molecular weight excluding hydrogens is 288 g/mol. The number of hydrogen-bond acceptors (Lipinski definition) is 2. The maximum atomic E-state index is 13.4. The second-order valence-corrected chi connectivity index (χ2v) is 7.43. The van der Waals surface area contributed by atoms with Crippen LogP contribution < -0.4 is 5.32 Å². The Bertz CT molecular complexity index is 420. The van der Waals surface area contributed by atoms with Crippen molar-refractivity contribution in [1.29, 1.82) is 0 Å². The molecule has 0 bridgehead atoms. The lowest BCUT2D eigenvalue weighted by molar-refractivity contribution is -0.0494. The van der Waals surface area contributed by atoms with E-state index < -0.39 is 5.92 Å². The quantitative estimate of drug-likeness (QED) is 0.742. The summed E-state index contributed by atoms with van der Waals surface area (Å²) in [7, 11) is 0. The topological polar surface area (TPSA) is 12.0 Å². The minimum atomic E-state index is -2.43. The summed E-state index contributed by atoms with van der Waals surface area (Å²) in [5.41, 5.74) is 0. The lowest BCUT2D eigenvalue weighted by Gasteiger charge is -2.34. The number of nitrogens with one attached hydrogen (secondary N) is 1. The number of aryl methyl sites for hydroxylation is 1. The Labute approximate surface area is 131 Å². The third kappa shape index (κ3) is 5.03. The maximum absolute atomic E-state index is 13.4. The largest absolute Gasteiger partial charge is 0.313 e. The van der Waals surface area contributed by atoms with Gasteiger partial charge in [0.1, 0.15) is 0 Å². The van der Waals surface area contributed by atoms with Crippen LogP contribution in [0.25, 0.3) is 0 Å². The molecule has 1 unspecified atom stereocenters. The van der Waals surface area contributed by atoms with Crippen LogP contribution in [0.15, 0.2) is 12.1 Å². The van der Waals surface area contributed by atoms with Gasteiger partial charge in [-0.1, -0.05) is 13.8 Å². The molecule has 1 heterocycles. The van der Waals surface area contributed by atoms with Crippen LogP contribution in [0.3, 0.4) is 0 Å². The molecule has 1 aromatic rings. The van der Waals surface area contributed by atoms with E-state index in [-0.39, 0.29) is 12.8 Å². The van der Waals surface area contributed by atoms with E-state index in [1.165, 1.54) is 9.75 Å². The predicted octanol–water partition coefficient (Wildman–Crippen LogP) is 5.05. The summed E-state index contributed by atoms with van der Waals surface area (Å²) < 4.78 is 26.7. The molecule has 2 rings (SSSR count). The van der Waals surface area contributed by atoms with Crippen LogP contribution in [0, 0.1) is 5.92 Å². The van der Waals surface area contributed by atoms with Crippen LogP contribution in [0.5, 0.6) is 0 Å². The van der Waals surface area contributed by atoms with Gasteiger partial charge in [-0.2, -0.15) is 0 Å². The molecule has 0 aromatic carbocycles. The normalized spacial score (nSPS) is 20.6. The first-order valence-electron chi connectivity index (χ1n) is 8.23. The number of rotatable bonds is 7. The standard InChI is InChI=1S/C17H27F2NS/c1-3-11-20-16(12-15-6-5-14(4-2)21-15)13-7-9-17(18,19)10-8-13/h5-6,13,16,20H,3-4,7-12H2,1-2H3. The van der Waals surface area contributed by atoms with Gasteiger partial charge in [-0.3, -0.25) is 0 Å². The zero-order valence-corrected chi connectivity index (χ0v) is 13.9. The highest BCUT2D eigenvalue weighted by Crippen LogP contribution is 2.38. The third-order valence-corrected chi connectivity index (χ3v) is 5.73. The molecule has 1 aromatic heterocycles. The van der Waals surface area contributed by atoms with Crippen molar-refractivity contribution >= 4 is 11.3 Å². The van der Waals surface area contributed by atoms with E-state index in [2.05, 4.69) is 31.3 Å². The van der Waals surface area contributed by atoms with Gasteiger partial charge < -0.3 is 5.32 Å². The fourth-order valence-electron chi connectivity index (χ4n) is 3.14. The molecule has 1 atom stereocenters. The van der Waals surface area contributed by atoms with E-state index in [0.717, 1.165) is 25.8 Å². The van der Waals surface area contributed by atoms with Crippen molar-refractivity contribution in [2.75, 3.05) is 6.54 Å². The molecule has 0 spiro atoms. The van der Waals surface area contributed by atoms with E-state index in [1.807, 2.05) is 11.3 Å². The first-order chi connectivity index (χ1) is 10.0. The average Bonchev–Trinajstić information content (AvgIpc) is 2.91. The van der Waals surface area contributed by atoms with Crippen molar-refractivity contribution < 1.29 is 8.78 Å². The molecule has 120 valence electrons. The van der Waals surface area contributed by atoms with Crippen LogP contribution in [0.1, 0.15) is 55.7 Å². The van der Waals surface area contributed by atoms with Gasteiger partial charge in [-0.05, 0) is 56.7 Å². The molecule has 1 aliphatic carbocycles. The van der Waals surface area contributed by atoms with E-state index in [1.54, 1.807) is 0 Å². The Morgan fingerprint density at radius 1 is 1.24 bits per heavy atom. The summed E-state index contributed by atoms with van der Waals surface area (Å²) >= 11 is 1.87. The Hall–Kier alpha value is -0.480. The van der Waals surface area contributed by atoms with Gasteiger partial charge in [-0.15, -0.1) is 11.3 Å². The molecular formula is C17H27F2NS. The van der Waals surface area contributed by atoms with Crippen molar-refractivity contribution in [2.45, 2.75) is 70.8 Å². The zero-order valence-electron chi connectivity index (χ0n) is 13.1. The molecule has 21 heavy (non-hydrogen) atoms. The van der Waals surface area contributed by atoms with E-state index in [9.17, 15) is 8.78 Å². The van der Waals surface area contributed by atoms with Gasteiger partial charge in [0.2, 0.25) is 5.92 Å². The molecule has 1 nitrogen and oxygen atoms in total. The maximum Gasteiger partial charge on any atom is 0.248 e. The first kappa shape index (κ1) is 16.9. The monoisotopic (exact) mass is 315 g/mol. The highest BCUT2D eigenvalue weighted by atomic mass is 32.1. The van der Waals surface area contributed by atoms with Crippen LogP contribution in [-0.2, 0) is 12.8 Å². The van der Waals surface area contributed by atoms with Crippen LogP contribution in [0.2, 0.25) is 0 Å². The third-order valence-electron chi connectivity index (χ3n) is 4.47. The van der Waals surface area contributed by atoms with Gasteiger partial charge in [0.05, 0.1) is 0 Å². The highest BCUT2D eigenvalue weighted by molar-refractivity contribution is 7.11. The Kier molecular flexibility index (Phi) is 6.18. The molecule has 1 aliphatic rings. The minimum absolute atomic E-state index is 0.0621. The van der Waals surface area contributed by atoms with Gasteiger partial charge in [0.15, 0.2) is 0 Å². The fraction of sp³-hybridized carbons (Fsp3) is 0.765. The molecule has 4 heteroatoms. The van der Waals surface area contributed by atoms with Gasteiger partial charge >= 0.3 is 0 Å². The lowest BCUT2D eigenvalue weighted by atomic mass is 9.80. The summed E-state index contributed by atoms with van der Waals surface area (Å²) in [6.07, 6.45) is 4.58. The number of thiophene rings is 1. The minimum Gasteiger partial charge on any atom is -0.313 e. The SMILES string of the molecule is CCCNC(Cc1ccc(CC)s1)C1CCC(F)(F)CC1. The second kappa shape index (κ2) is 7.68. The van der Waals surface area contributed by atoms with E-state index >= 15 is 0 Å². The molecule has 0 aliphatic heterocycles. The molecule has 0 radical (unpaired) electrons. The highest BCUT2D eigenvalue weighted by Gasteiger charge is 2.37. The summed E-state index contributed by atoms with van der Waals surface area (Å²) in [5.74, 6) is -2.03. The molecule has 1 N–H and O–H groups in total. The van der Waals surface area contributed by atoms with Crippen LogP contribution >= 0.6 is 11.3 Å². The van der Waals surface area contributed by atoms with Gasteiger partial charge in [0, 0.05) is 28.6 Å². The predicted molar refractivity (Wildman–Crippen MR) is 86.4 cm³/mol. The average molecular weight is 315 g/mol. The number of alkyl halides is 2. The van der Waals surface area contributed by atoms with Gasteiger partial charge in [-0.25, -0.2) is 8.78 Å². The van der Waals surface area contributed by atoms with Crippen molar-refractivity contribution in [3.8, 4) is 0 Å². The van der Waals surface area contributed by atoms with Crippen LogP contribution in [-0.4, -0.2) is 18.5 Å². The summed E-state index contributed by atoms with van der Waals surface area (Å²) in [4.78, 5) is 2.80. The molecule has 1 saturated carbocycles. The summed E-state index contributed by atoms with van der Waals surface area (Å²) in [5, 5.41) is 3.60. The fourth-order valence-corrected chi connectivity index (χ4v) is 4.16. The summed E-state index contributed by atoms with van der Waals surface area (Å²) in [6.45, 7) is 5.30. The molecule has 0 saturated heterocycles. The lowest BCUT2D eigenvalue weighted by Crippen LogP contribution is -2.41. The van der Waals surface area contributed by atoms with Crippen molar-refractivity contribution in [3.05, 3.63) is 21.9 Å². The molecule has 1 fully saturated rings. The van der Waals surface area contributed by atoms with Gasteiger partial charge in [0.25, 0.3) is 0 Å². The smallest absolute Gasteiger partial charge is 0.248 e. The number of halogens is 2. The number of hydrogen-bond donors (Lipinski definition) is 1. The Morgan fingerprint density at radius 3 is 2.48 bits per heavy atom. The zero-order chi connectivity index (χ0) is 15.3. The Balaban J connectivity index is 1.97.